The predicted octanol–water partition coefficient (Wildman–Crippen LogP) is 8.04. The molecule has 0 aliphatic carbocycles. The Kier molecular flexibility index (Phi) is 9.42. The molecule has 4 aliphatic rings. The molecule has 3 amide bonds. The molecule has 11 heteroatoms. The summed E-state index contributed by atoms with van der Waals surface area (Å²) in [7, 11) is -0.819. The lowest BCUT2D eigenvalue weighted by Crippen LogP contribution is -2.52. The summed E-state index contributed by atoms with van der Waals surface area (Å²) in [5.74, 6) is 0.258. The Bertz CT molecular complexity index is 2420. The van der Waals surface area contributed by atoms with E-state index in [0.29, 0.717) is 18.7 Å². The molecule has 1 spiro atoms. The number of hydrogen-bond donors (Lipinski definition) is 1. The predicted molar refractivity (Wildman–Crippen MR) is 228 cm³/mol. The molecule has 2 saturated heterocycles. The lowest BCUT2D eigenvalue weighted by Gasteiger charge is -2.37. The highest BCUT2D eigenvalue weighted by Crippen LogP contribution is 2.60. The van der Waals surface area contributed by atoms with Gasteiger partial charge in [0.15, 0.2) is 5.60 Å². The quantitative estimate of drug-likeness (QED) is 0.151. The van der Waals surface area contributed by atoms with Gasteiger partial charge in [-0.15, -0.1) is 0 Å². The second kappa shape index (κ2) is 14.2. The Morgan fingerprint density at radius 2 is 1.70 bits per heavy atom. The number of aliphatic hydroxyl groups is 1. The number of aliphatic hydroxyl groups excluding tert-OH is 1. The third kappa shape index (κ3) is 5.87. The smallest absolute Gasteiger partial charge is 0.264 e. The summed E-state index contributed by atoms with van der Waals surface area (Å²) >= 11 is 3.70. The van der Waals surface area contributed by atoms with Gasteiger partial charge in [-0.25, -0.2) is 0 Å². The second-order valence-corrected chi connectivity index (χ2v) is 22.1. The first-order valence-corrected chi connectivity index (χ1v) is 23.6. The summed E-state index contributed by atoms with van der Waals surface area (Å²) in [6, 6.07) is 33.6. The first-order valence-electron chi connectivity index (χ1n) is 19.8. The average Bonchev–Trinajstić information content (AvgIpc) is 3.95. The number of nitrogens with zero attached hydrogens (tertiary/aromatic N) is 3. The molecule has 2 fully saturated rings. The fourth-order valence-corrected chi connectivity index (χ4v) is 14.8. The normalized spacial score (nSPS) is 24.0. The molecule has 292 valence electrons. The number of methoxy groups -OCH3 is 1. The zero-order chi connectivity index (χ0) is 39.8. The molecular weight excluding hydrogens is 799 g/mol. The van der Waals surface area contributed by atoms with Gasteiger partial charge in [0.1, 0.15) is 5.75 Å². The SMILES string of the molecule is COc1ccc([Si](C)(C)[C@@H]2[C@@H](CC(=O)N3CCC[C@H]3CO)O[C@]3(C(=O)N(Cc4ccc(N5C(=O)c6cccc7cccc5c67)cc4)c4ccc(Br)cc43)[C@H]2C)cc1. The van der Waals surface area contributed by atoms with E-state index in [1.165, 1.54) is 5.19 Å². The number of carbonyl (C=O) groups excluding carboxylic acids is 3. The molecule has 0 saturated carbocycles. The lowest BCUT2D eigenvalue weighted by atomic mass is 9.82. The number of benzene rings is 5. The van der Waals surface area contributed by atoms with E-state index in [1.807, 2.05) is 101 Å². The van der Waals surface area contributed by atoms with Gasteiger partial charge in [-0.1, -0.05) is 89.7 Å². The summed E-state index contributed by atoms with van der Waals surface area (Å²) in [6.07, 6.45) is 1.23. The third-order valence-electron chi connectivity index (χ3n) is 13.2. The maximum absolute atomic E-state index is 15.3. The van der Waals surface area contributed by atoms with Crippen molar-refractivity contribution >= 4 is 74.7 Å². The van der Waals surface area contributed by atoms with E-state index >= 15 is 4.79 Å². The summed E-state index contributed by atoms with van der Waals surface area (Å²) in [6.45, 7) is 7.60. The van der Waals surface area contributed by atoms with Gasteiger partial charge in [-0.2, -0.15) is 0 Å². The van der Waals surface area contributed by atoms with Gasteiger partial charge in [0.05, 0.1) is 63.8 Å². The van der Waals surface area contributed by atoms with Crippen molar-refractivity contribution in [3.63, 3.8) is 0 Å². The molecule has 5 aromatic carbocycles. The van der Waals surface area contributed by atoms with Crippen LogP contribution in [-0.2, 0) is 26.5 Å². The van der Waals surface area contributed by atoms with E-state index < -0.39 is 19.8 Å². The number of likely N-dealkylation sites (tertiary alicyclic amines) is 1. The molecule has 1 N–H and O–H groups in total. The molecule has 9 nitrogen and oxygen atoms in total. The fraction of sp³-hybridized carbons (Fsp3) is 0.326. The number of ether oxygens (including phenoxy) is 2. The maximum Gasteiger partial charge on any atom is 0.264 e. The average molecular weight is 845 g/mol. The number of fused-ring (bicyclic) bond motifs is 2. The number of anilines is 3. The molecule has 57 heavy (non-hydrogen) atoms. The van der Waals surface area contributed by atoms with Crippen molar-refractivity contribution in [1.82, 2.24) is 4.90 Å². The van der Waals surface area contributed by atoms with E-state index in [0.717, 1.165) is 62.0 Å². The van der Waals surface area contributed by atoms with E-state index in [-0.39, 0.29) is 48.3 Å². The number of hydrogen-bond acceptors (Lipinski definition) is 6. The second-order valence-electron chi connectivity index (χ2n) is 16.5. The molecule has 5 atom stereocenters. The molecule has 4 heterocycles. The van der Waals surface area contributed by atoms with Crippen molar-refractivity contribution in [1.29, 1.82) is 0 Å². The highest BCUT2D eigenvalue weighted by molar-refractivity contribution is 9.10. The number of carbonyl (C=O) groups is 3. The molecule has 0 aromatic heterocycles. The summed E-state index contributed by atoms with van der Waals surface area (Å²) in [5.41, 5.74) is 3.38. The van der Waals surface area contributed by atoms with Gasteiger partial charge < -0.3 is 24.4 Å². The zero-order valence-corrected chi connectivity index (χ0v) is 35.2. The molecule has 4 aliphatic heterocycles. The Morgan fingerprint density at radius 3 is 2.42 bits per heavy atom. The molecule has 0 radical (unpaired) electrons. The van der Waals surface area contributed by atoms with Crippen molar-refractivity contribution in [2.24, 2.45) is 5.92 Å². The summed E-state index contributed by atoms with van der Waals surface area (Å²) < 4.78 is 13.6. The van der Waals surface area contributed by atoms with Crippen LogP contribution in [0.5, 0.6) is 5.75 Å². The van der Waals surface area contributed by atoms with Gasteiger partial charge in [0, 0.05) is 33.6 Å². The van der Waals surface area contributed by atoms with Crippen LogP contribution in [0.4, 0.5) is 17.1 Å². The van der Waals surface area contributed by atoms with Crippen LogP contribution in [-0.4, -0.2) is 68.2 Å². The van der Waals surface area contributed by atoms with Gasteiger partial charge in [-0.05, 0) is 83.9 Å². The molecule has 5 aromatic rings. The first-order chi connectivity index (χ1) is 27.5. The highest BCUT2D eigenvalue weighted by Gasteiger charge is 2.66. The van der Waals surface area contributed by atoms with Crippen LogP contribution in [0.15, 0.2) is 108 Å². The van der Waals surface area contributed by atoms with Crippen LogP contribution < -0.4 is 19.7 Å². The van der Waals surface area contributed by atoms with Crippen LogP contribution >= 0.6 is 15.9 Å². The van der Waals surface area contributed by atoms with Crippen molar-refractivity contribution in [3.05, 3.63) is 124 Å². The maximum atomic E-state index is 15.3. The number of amides is 3. The number of rotatable bonds is 9. The molecule has 0 unspecified atom stereocenters. The minimum absolute atomic E-state index is 0.0435. The van der Waals surface area contributed by atoms with Crippen molar-refractivity contribution in [2.75, 3.05) is 30.1 Å². The van der Waals surface area contributed by atoms with Gasteiger partial charge in [0.2, 0.25) is 5.91 Å². The summed E-state index contributed by atoms with van der Waals surface area (Å²) in [4.78, 5) is 48.5. The van der Waals surface area contributed by atoms with Crippen LogP contribution in [0.25, 0.3) is 10.8 Å². The molecular formula is C46H46BrN3O6Si. The van der Waals surface area contributed by atoms with Gasteiger partial charge in [0.25, 0.3) is 11.8 Å². The van der Waals surface area contributed by atoms with Crippen molar-refractivity contribution < 1.29 is 29.0 Å². The molecule has 0 bridgehead atoms. The van der Waals surface area contributed by atoms with Crippen molar-refractivity contribution in [3.8, 4) is 5.75 Å². The first kappa shape index (κ1) is 37.7. The Morgan fingerprint density at radius 1 is 0.965 bits per heavy atom. The topological polar surface area (TPSA) is 99.6 Å². The van der Waals surface area contributed by atoms with E-state index in [4.69, 9.17) is 9.47 Å². The van der Waals surface area contributed by atoms with Gasteiger partial charge in [-0.3, -0.25) is 19.3 Å². The molecule has 9 rings (SSSR count). The fourth-order valence-electron chi connectivity index (χ4n) is 10.4. The van der Waals surface area contributed by atoms with Crippen LogP contribution in [0, 0.1) is 5.92 Å². The summed E-state index contributed by atoms with van der Waals surface area (Å²) in [5, 5.41) is 13.3. The highest BCUT2D eigenvalue weighted by atomic mass is 79.9. The standard InChI is InChI=1S/C46H46BrN3O6Si/c1-28-43(57(3,4)35-20-18-34(55-2)19-21-35)40(25-41(52)48-23-7-10-33(48)27-51)56-46(28)37-24-31(47)15-22-38(37)49(45(46)54)26-29-13-16-32(17-14-29)50-39-12-6-9-30-8-5-11-36(42(30)39)44(50)53/h5-6,8-9,11-22,24,28,33,40,43,51H,7,10,23,25-27H2,1-4H3/t28-,33-,40+,43-,46+/m0/s1. The van der Waals surface area contributed by atoms with E-state index in [9.17, 15) is 14.7 Å². The van der Waals surface area contributed by atoms with Crippen LogP contribution in [0.3, 0.4) is 0 Å². The Hall–Kier alpha value is -4.81. The Balaban J connectivity index is 1.06. The Labute approximate surface area is 342 Å². The van der Waals surface area contributed by atoms with Crippen LogP contribution in [0.1, 0.15) is 47.7 Å². The van der Waals surface area contributed by atoms with Crippen molar-refractivity contribution in [2.45, 2.75) is 69.1 Å². The minimum Gasteiger partial charge on any atom is -0.497 e. The third-order valence-corrected chi connectivity index (χ3v) is 18.0. The van der Waals surface area contributed by atoms with Crippen LogP contribution in [0.2, 0.25) is 18.6 Å². The lowest BCUT2D eigenvalue weighted by molar-refractivity contribution is -0.150. The van der Waals surface area contributed by atoms with E-state index in [2.05, 4.69) is 48.1 Å². The monoisotopic (exact) mass is 843 g/mol. The minimum atomic E-state index is -2.47. The largest absolute Gasteiger partial charge is 0.497 e. The zero-order valence-electron chi connectivity index (χ0n) is 32.6. The van der Waals surface area contributed by atoms with Gasteiger partial charge >= 0.3 is 0 Å². The van der Waals surface area contributed by atoms with E-state index in [1.54, 1.807) is 12.0 Å². The number of halogens is 1.